The molecule has 1 saturated heterocycles. The molecule has 4 rings (SSSR count). The first-order valence-electron chi connectivity index (χ1n) is 8.41. The van der Waals surface area contributed by atoms with Crippen LogP contribution in [0.5, 0.6) is 0 Å². The molecule has 1 aliphatic rings. The van der Waals surface area contributed by atoms with Crippen molar-refractivity contribution in [1.29, 1.82) is 0 Å². The molecule has 1 fully saturated rings. The van der Waals surface area contributed by atoms with Gasteiger partial charge in [0.25, 0.3) is 5.91 Å². The summed E-state index contributed by atoms with van der Waals surface area (Å²) in [5, 5.41) is 12.3. The molecular weight excluding hydrogens is 318 g/mol. The van der Waals surface area contributed by atoms with Crippen LogP contribution in [0.25, 0.3) is 5.65 Å². The minimum absolute atomic E-state index is 0.0133. The summed E-state index contributed by atoms with van der Waals surface area (Å²) >= 11 is 0. The van der Waals surface area contributed by atoms with Crippen LogP contribution in [0.3, 0.4) is 0 Å². The number of rotatable bonds is 3. The van der Waals surface area contributed by atoms with Gasteiger partial charge in [0.1, 0.15) is 17.8 Å². The van der Waals surface area contributed by atoms with Gasteiger partial charge >= 0.3 is 0 Å². The molecule has 0 bridgehead atoms. The van der Waals surface area contributed by atoms with Crippen molar-refractivity contribution >= 4 is 17.4 Å². The van der Waals surface area contributed by atoms with Gasteiger partial charge in [-0.15, -0.1) is 15.3 Å². The number of hydrogen-bond donors (Lipinski definition) is 0. The van der Waals surface area contributed by atoms with E-state index in [1.54, 1.807) is 17.0 Å². The number of aryl methyl sites for hydroxylation is 1. The van der Waals surface area contributed by atoms with Crippen LogP contribution in [0.15, 0.2) is 36.8 Å². The van der Waals surface area contributed by atoms with E-state index in [0.29, 0.717) is 18.8 Å². The van der Waals surface area contributed by atoms with Gasteiger partial charge in [0, 0.05) is 32.4 Å². The Hall–Kier alpha value is -3.03. The highest BCUT2D eigenvalue weighted by molar-refractivity contribution is 5.93. The Balaban J connectivity index is 1.46. The fourth-order valence-electron chi connectivity index (χ4n) is 3.09. The molecule has 4 heterocycles. The van der Waals surface area contributed by atoms with Gasteiger partial charge in [-0.25, -0.2) is 0 Å². The van der Waals surface area contributed by atoms with Gasteiger partial charge in [-0.1, -0.05) is 13.0 Å². The number of hydrogen-bond acceptors (Lipinski definition) is 6. The van der Waals surface area contributed by atoms with E-state index < -0.39 is 0 Å². The molecular formula is C17H19N7O. The fourth-order valence-corrected chi connectivity index (χ4v) is 3.09. The SMILES string of the molecule is CCc1cccnc1C(=O)N1CCN(c2ccc3nncn3n2)CC1. The molecule has 0 N–H and O–H groups in total. The van der Waals surface area contributed by atoms with Crippen molar-refractivity contribution in [2.45, 2.75) is 13.3 Å². The van der Waals surface area contributed by atoms with Gasteiger partial charge in [-0.2, -0.15) is 4.52 Å². The highest BCUT2D eigenvalue weighted by Crippen LogP contribution is 2.16. The molecule has 8 heteroatoms. The number of fused-ring (bicyclic) bond motifs is 1. The van der Waals surface area contributed by atoms with E-state index in [9.17, 15) is 4.79 Å². The van der Waals surface area contributed by atoms with Crippen LogP contribution < -0.4 is 4.90 Å². The average molecular weight is 337 g/mol. The number of amides is 1. The number of nitrogens with zero attached hydrogens (tertiary/aromatic N) is 7. The summed E-state index contributed by atoms with van der Waals surface area (Å²) in [7, 11) is 0. The first-order valence-corrected chi connectivity index (χ1v) is 8.41. The molecule has 0 spiro atoms. The van der Waals surface area contributed by atoms with Crippen molar-refractivity contribution in [1.82, 2.24) is 29.7 Å². The Bertz CT molecular complexity index is 899. The maximum Gasteiger partial charge on any atom is 0.272 e. The van der Waals surface area contributed by atoms with Crippen LogP contribution in [0.4, 0.5) is 5.82 Å². The predicted octanol–water partition coefficient (Wildman–Crippen LogP) is 1.04. The Morgan fingerprint density at radius 1 is 1.16 bits per heavy atom. The number of piperazine rings is 1. The lowest BCUT2D eigenvalue weighted by molar-refractivity contribution is 0.0739. The minimum Gasteiger partial charge on any atom is -0.352 e. The van der Waals surface area contributed by atoms with Crippen LogP contribution >= 0.6 is 0 Å². The van der Waals surface area contributed by atoms with E-state index in [4.69, 9.17) is 0 Å². The van der Waals surface area contributed by atoms with Crippen molar-refractivity contribution in [3.05, 3.63) is 48.0 Å². The molecule has 0 saturated carbocycles. The summed E-state index contributed by atoms with van der Waals surface area (Å²) in [5.74, 6) is 0.880. The van der Waals surface area contributed by atoms with Crippen LogP contribution in [0.2, 0.25) is 0 Å². The lowest BCUT2D eigenvalue weighted by Crippen LogP contribution is -2.49. The number of carbonyl (C=O) groups is 1. The molecule has 8 nitrogen and oxygen atoms in total. The second-order valence-electron chi connectivity index (χ2n) is 5.97. The van der Waals surface area contributed by atoms with Crippen molar-refractivity contribution in [3.8, 4) is 0 Å². The molecule has 0 radical (unpaired) electrons. The third-order valence-corrected chi connectivity index (χ3v) is 4.51. The van der Waals surface area contributed by atoms with Gasteiger partial charge in [-0.05, 0) is 30.2 Å². The van der Waals surface area contributed by atoms with Gasteiger partial charge in [0.2, 0.25) is 0 Å². The molecule has 0 aliphatic carbocycles. The molecule has 3 aromatic rings. The quantitative estimate of drug-likeness (QED) is 0.711. The fraction of sp³-hybridized carbons (Fsp3) is 0.353. The second-order valence-corrected chi connectivity index (χ2v) is 5.97. The number of carbonyl (C=O) groups excluding carboxylic acids is 1. The molecule has 1 amide bonds. The van der Waals surface area contributed by atoms with Crippen molar-refractivity contribution in [2.24, 2.45) is 0 Å². The smallest absolute Gasteiger partial charge is 0.272 e. The van der Waals surface area contributed by atoms with E-state index >= 15 is 0 Å². The summed E-state index contributed by atoms with van der Waals surface area (Å²) in [6.45, 7) is 4.82. The van der Waals surface area contributed by atoms with Crippen LogP contribution in [0, 0.1) is 0 Å². The third-order valence-electron chi connectivity index (χ3n) is 4.51. The minimum atomic E-state index is 0.0133. The average Bonchev–Trinajstić information content (AvgIpc) is 3.15. The van der Waals surface area contributed by atoms with Crippen LogP contribution in [-0.2, 0) is 6.42 Å². The van der Waals surface area contributed by atoms with Crippen LogP contribution in [0.1, 0.15) is 23.0 Å². The zero-order valence-corrected chi connectivity index (χ0v) is 14.0. The maximum absolute atomic E-state index is 12.8. The summed E-state index contributed by atoms with van der Waals surface area (Å²) in [6, 6.07) is 7.68. The summed E-state index contributed by atoms with van der Waals surface area (Å²) < 4.78 is 1.66. The van der Waals surface area contributed by atoms with Gasteiger partial charge < -0.3 is 9.80 Å². The molecule has 0 aromatic carbocycles. The Kier molecular flexibility index (Phi) is 4.01. The summed E-state index contributed by atoms with van der Waals surface area (Å²) in [6.07, 6.45) is 4.07. The summed E-state index contributed by atoms with van der Waals surface area (Å²) in [4.78, 5) is 21.1. The van der Waals surface area contributed by atoms with E-state index in [0.717, 1.165) is 36.5 Å². The molecule has 3 aromatic heterocycles. The zero-order chi connectivity index (χ0) is 17.2. The van der Waals surface area contributed by atoms with E-state index in [1.807, 2.05) is 36.1 Å². The third kappa shape index (κ3) is 2.90. The normalized spacial score (nSPS) is 14.9. The Labute approximate surface area is 145 Å². The zero-order valence-electron chi connectivity index (χ0n) is 14.0. The van der Waals surface area contributed by atoms with Gasteiger partial charge in [-0.3, -0.25) is 9.78 Å². The molecule has 0 unspecified atom stereocenters. The van der Waals surface area contributed by atoms with Crippen LogP contribution in [-0.4, -0.2) is 61.8 Å². The molecule has 0 atom stereocenters. The molecule has 1 aliphatic heterocycles. The predicted molar refractivity (Wildman–Crippen MR) is 92.5 cm³/mol. The first-order chi connectivity index (χ1) is 12.3. The number of aromatic nitrogens is 5. The number of pyridine rings is 1. The molecule has 25 heavy (non-hydrogen) atoms. The Morgan fingerprint density at radius 3 is 2.80 bits per heavy atom. The molecule has 128 valence electrons. The number of anilines is 1. The monoisotopic (exact) mass is 337 g/mol. The largest absolute Gasteiger partial charge is 0.352 e. The first kappa shape index (κ1) is 15.5. The standard InChI is InChI=1S/C17H19N7O/c1-2-13-4-3-7-18-16(13)17(25)23-10-8-22(9-11-23)15-6-5-14-20-19-12-24(14)21-15/h3-7,12H,2,8-11H2,1H3. The van der Waals surface area contributed by atoms with Crippen molar-refractivity contribution in [2.75, 3.05) is 31.1 Å². The van der Waals surface area contributed by atoms with E-state index in [1.165, 1.54) is 0 Å². The maximum atomic E-state index is 12.8. The topological polar surface area (TPSA) is 79.5 Å². The van der Waals surface area contributed by atoms with Crippen molar-refractivity contribution < 1.29 is 4.79 Å². The van der Waals surface area contributed by atoms with Crippen molar-refractivity contribution in [3.63, 3.8) is 0 Å². The van der Waals surface area contributed by atoms with E-state index in [-0.39, 0.29) is 5.91 Å². The highest BCUT2D eigenvalue weighted by atomic mass is 16.2. The van der Waals surface area contributed by atoms with E-state index in [2.05, 4.69) is 25.2 Å². The summed E-state index contributed by atoms with van der Waals surface area (Å²) in [5.41, 5.74) is 2.29. The lowest BCUT2D eigenvalue weighted by atomic mass is 10.1. The van der Waals surface area contributed by atoms with Gasteiger partial charge in [0.05, 0.1) is 0 Å². The second kappa shape index (κ2) is 6.46. The lowest BCUT2D eigenvalue weighted by Gasteiger charge is -2.35. The highest BCUT2D eigenvalue weighted by Gasteiger charge is 2.25. The van der Waals surface area contributed by atoms with Gasteiger partial charge in [0.15, 0.2) is 5.65 Å². The Morgan fingerprint density at radius 2 is 2.00 bits per heavy atom.